The van der Waals surface area contributed by atoms with E-state index in [0.29, 0.717) is 11.4 Å². The Morgan fingerprint density at radius 1 is 1.23 bits per heavy atom. The van der Waals surface area contributed by atoms with Gasteiger partial charge in [-0.3, -0.25) is 4.79 Å². The van der Waals surface area contributed by atoms with Crippen molar-refractivity contribution in [3.8, 4) is 5.75 Å². The largest absolute Gasteiger partial charge is 0.490 e. The first-order valence-electron chi connectivity index (χ1n) is 11.2. The number of carbonyl (C=O) groups excluding carboxylic acids is 1. The summed E-state index contributed by atoms with van der Waals surface area (Å²) in [6, 6.07) is 5.73. The number of halogens is 3. The number of aliphatic imine (C=N–C) groups is 1. The average Bonchev–Trinajstić information content (AvgIpc) is 3.41. The second-order valence-electron chi connectivity index (χ2n) is 8.67. The zero-order chi connectivity index (χ0) is 24.6. The number of amidine groups is 1. The fourth-order valence-electron chi connectivity index (χ4n) is 4.15. The van der Waals surface area contributed by atoms with E-state index in [9.17, 15) is 18.0 Å². The van der Waals surface area contributed by atoms with Gasteiger partial charge in [-0.15, -0.1) is 0 Å². The summed E-state index contributed by atoms with van der Waals surface area (Å²) in [7, 11) is 2.01. The van der Waals surface area contributed by atoms with Gasteiger partial charge in [-0.1, -0.05) is 0 Å². The van der Waals surface area contributed by atoms with E-state index in [0.717, 1.165) is 55.0 Å². The lowest BCUT2D eigenvalue weighted by Gasteiger charge is -2.29. The number of carbonyl (C=O) groups is 1. The van der Waals surface area contributed by atoms with Gasteiger partial charge < -0.3 is 24.8 Å². The summed E-state index contributed by atoms with van der Waals surface area (Å²) >= 11 is 1.01. The number of fused-ring (bicyclic) bond motifs is 1. The lowest BCUT2D eigenvalue weighted by Crippen LogP contribution is -2.35. The molecule has 7 nitrogen and oxygen atoms in total. The van der Waals surface area contributed by atoms with Gasteiger partial charge in [0.2, 0.25) is 0 Å². The molecule has 184 valence electrons. The Kier molecular flexibility index (Phi) is 6.37. The van der Waals surface area contributed by atoms with Crippen LogP contribution < -0.4 is 10.1 Å². The molecule has 35 heavy (non-hydrogen) atoms. The van der Waals surface area contributed by atoms with Gasteiger partial charge in [-0.05, 0) is 67.6 Å². The molecule has 0 atom stereocenters. The minimum Gasteiger partial charge on any atom is -0.490 e. The molecule has 1 aromatic heterocycles. The Labute approximate surface area is 204 Å². The molecule has 0 bridgehead atoms. The second-order valence-corrected chi connectivity index (χ2v) is 9.70. The summed E-state index contributed by atoms with van der Waals surface area (Å²) in [5.74, 6) is -0.238. The van der Waals surface area contributed by atoms with Crippen molar-refractivity contribution < 1.29 is 22.7 Å². The Hall–Kier alpha value is -3.18. The van der Waals surface area contributed by atoms with Crippen molar-refractivity contribution in [1.82, 2.24) is 20.1 Å². The molecular formula is C24H24F3N5O2S. The van der Waals surface area contributed by atoms with E-state index < -0.39 is 17.6 Å². The van der Waals surface area contributed by atoms with Crippen LogP contribution in [0.3, 0.4) is 0 Å². The minimum absolute atomic E-state index is 0.0964. The van der Waals surface area contributed by atoms with Gasteiger partial charge in [0.25, 0.3) is 5.91 Å². The number of likely N-dealkylation sites (tertiary alicyclic amines) is 1. The highest BCUT2D eigenvalue weighted by molar-refractivity contribution is 8.18. The Morgan fingerprint density at radius 2 is 2.03 bits per heavy atom. The monoisotopic (exact) mass is 503 g/mol. The Balaban J connectivity index is 1.33. The number of amides is 1. The molecular weight excluding hydrogens is 479 g/mol. The second kappa shape index (κ2) is 9.46. The molecule has 0 saturated carbocycles. The van der Waals surface area contributed by atoms with E-state index in [2.05, 4.69) is 20.2 Å². The Morgan fingerprint density at radius 3 is 2.80 bits per heavy atom. The van der Waals surface area contributed by atoms with Crippen molar-refractivity contribution >= 4 is 34.6 Å². The average molecular weight is 504 g/mol. The minimum atomic E-state index is -4.62. The summed E-state index contributed by atoms with van der Waals surface area (Å²) in [6.45, 7) is 2.26. The number of H-pyrrole nitrogens is 1. The quantitative estimate of drug-likeness (QED) is 0.593. The molecule has 3 aliphatic rings. The normalized spacial score (nSPS) is 21.6. The van der Waals surface area contributed by atoms with Crippen LogP contribution in [0.25, 0.3) is 6.08 Å². The van der Waals surface area contributed by atoms with Gasteiger partial charge in [0.15, 0.2) is 5.17 Å². The van der Waals surface area contributed by atoms with E-state index in [4.69, 9.17) is 4.74 Å². The number of hydrogen-bond donors (Lipinski definition) is 2. The zero-order valence-electron chi connectivity index (χ0n) is 18.9. The first-order valence-corrected chi connectivity index (χ1v) is 12.0. The molecule has 0 spiro atoms. The molecule has 3 aliphatic heterocycles. The molecule has 2 saturated heterocycles. The predicted octanol–water partition coefficient (Wildman–Crippen LogP) is 4.68. The van der Waals surface area contributed by atoms with Crippen LogP contribution in [0, 0.1) is 0 Å². The molecule has 0 unspecified atom stereocenters. The van der Waals surface area contributed by atoms with Gasteiger partial charge in [-0.2, -0.15) is 13.2 Å². The van der Waals surface area contributed by atoms with Crippen LogP contribution in [0.1, 0.15) is 29.7 Å². The van der Waals surface area contributed by atoms with Crippen molar-refractivity contribution in [3.05, 3.63) is 64.6 Å². The van der Waals surface area contributed by atoms with Crippen LogP contribution in [0.15, 0.2) is 52.8 Å². The maximum Gasteiger partial charge on any atom is 0.418 e. The van der Waals surface area contributed by atoms with Crippen LogP contribution in [-0.2, 0) is 17.5 Å². The van der Waals surface area contributed by atoms with E-state index in [1.807, 2.05) is 36.5 Å². The van der Waals surface area contributed by atoms with Crippen molar-refractivity contribution in [2.45, 2.75) is 31.7 Å². The summed E-state index contributed by atoms with van der Waals surface area (Å²) < 4.78 is 47.3. The number of alkyl halides is 3. The van der Waals surface area contributed by atoms with E-state index in [-0.39, 0.29) is 22.7 Å². The number of thioether (sulfide) groups is 1. The number of nitrogens with one attached hydrogen (secondary N) is 2. The molecule has 5 rings (SSSR count). The van der Waals surface area contributed by atoms with Crippen LogP contribution in [-0.4, -0.2) is 52.1 Å². The van der Waals surface area contributed by atoms with Crippen molar-refractivity contribution in [1.29, 1.82) is 0 Å². The first kappa shape index (κ1) is 23.6. The number of rotatable bonds is 4. The van der Waals surface area contributed by atoms with E-state index in [1.54, 1.807) is 6.20 Å². The molecule has 2 aromatic rings. The lowest BCUT2D eigenvalue weighted by molar-refractivity contribution is -0.137. The van der Waals surface area contributed by atoms with Crippen LogP contribution in [0.2, 0.25) is 0 Å². The molecule has 0 radical (unpaired) electrons. The number of benzene rings is 1. The van der Waals surface area contributed by atoms with Crippen molar-refractivity contribution in [3.63, 3.8) is 0 Å². The first-order chi connectivity index (χ1) is 16.7. The van der Waals surface area contributed by atoms with E-state index in [1.165, 1.54) is 12.1 Å². The maximum atomic E-state index is 13.8. The third-order valence-corrected chi connectivity index (χ3v) is 6.95. The van der Waals surface area contributed by atoms with E-state index >= 15 is 0 Å². The molecule has 2 N–H and O–H groups in total. The number of hydrogen-bond acceptors (Lipinski definition) is 6. The molecule has 2 fully saturated rings. The number of piperidine rings is 1. The zero-order valence-corrected chi connectivity index (χ0v) is 19.7. The van der Waals surface area contributed by atoms with Gasteiger partial charge in [-0.25, -0.2) is 4.99 Å². The number of nitrogens with zero attached hydrogens (tertiary/aromatic N) is 3. The highest BCUT2D eigenvalue weighted by Crippen LogP contribution is 2.40. The summed E-state index contributed by atoms with van der Waals surface area (Å²) in [5.41, 5.74) is 0.918. The summed E-state index contributed by atoms with van der Waals surface area (Å²) in [5, 5.41) is 2.66. The summed E-state index contributed by atoms with van der Waals surface area (Å²) in [6.07, 6.45) is 4.02. The van der Waals surface area contributed by atoms with Gasteiger partial charge in [0, 0.05) is 43.9 Å². The Bertz CT molecular complexity index is 1210. The molecule has 1 aromatic carbocycles. The SMILES string of the molecule is CN1CCC(Oc2ccc(N=C3NC(=O)/C(=C\N4C=Cc5[nH]ccc5C4)S3)c(C(F)(F)F)c2)CC1. The molecule has 1 amide bonds. The van der Waals surface area contributed by atoms with Crippen LogP contribution in [0.5, 0.6) is 5.75 Å². The standard InChI is InChI=1S/C24H24F3N5O2S/c1-31-9-5-16(6-10-31)34-17-2-3-20(18(12-17)24(25,26)27)29-23-30-22(33)21(35-23)14-32-11-7-19-15(13-32)4-8-28-19/h2-4,7-8,11-12,14,16,28H,5-6,9-10,13H2,1H3,(H,29,30,33)/b21-14+. The highest BCUT2D eigenvalue weighted by atomic mass is 32.2. The fraction of sp³-hybridized carbons (Fsp3) is 0.333. The summed E-state index contributed by atoms with van der Waals surface area (Å²) in [4.78, 5) is 24.0. The van der Waals surface area contributed by atoms with Gasteiger partial charge >= 0.3 is 6.18 Å². The third kappa shape index (κ3) is 5.40. The lowest BCUT2D eigenvalue weighted by atomic mass is 10.1. The fourth-order valence-corrected chi connectivity index (χ4v) is 4.98. The molecule has 4 heterocycles. The topological polar surface area (TPSA) is 73.0 Å². The van der Waals surface area contributed by atoms with Crippen LogP contribution in [0.4, 0.5) is 18.9 Å². The van der Waals surface area contributed by atoms with Crippen molar-refractivity contribution in [2.24, 2.45) is 4.99 Å². The predicted molar refractivity (Wildman–Crippen MR) is 129 cm³/mol. The molecule has 0 aliphatic carbocycles. The smallest absolute Gasteiger partial charge is 0.418 e. The highest BCUT2D eigenvalue weighted by Gasteiger charge is 2.35. The van der Waals surface area contributed by atoms with Gasteiger partial charge in [0.1, 0.15) is 11.9 Å². The number of aromatic nitrogens is 1. The molecule has 11 heteroatoms. The maximum absolute atomic E-state index is 13.8. The number of ether oxygens (including phenoxy) is 1. The van der Waals surface area contributed by atoms with Crippen LogP contribution >= 0.6 is 11.8 Å². The number of aromatic amines is 1. The third-order valence-electron chi connectivity index (χ3n) is 6.05. The van der Waals surface area contributed by atoms with Crippen molar-refractivity contribution in [2.75, 3.05) is 20.1 Å². The van der Waals surface area contributed by atoms with Gasteiger partial charge in [0.05, 0.1) is 16.2 Å².